The molecule has 0 bridgehead atoms. The first-order chi connectivity index (χ1) is 15.5. The molecule has 0 saturated carbocycles. The molecule has 4 rings (SSSR count). The van der Waals surface area contributed by atoms with Gasteiger partial charge >= 0.3 is 0 Å². The quantitative estimate of drug-likeness (QED) is 0.386. The van der Waals surface area contributed by atoms with Crippen LogP contribution in [0.3, 0.4) is 0 Å². The van der Waals surface area contributed by atoms with Crippen LogP contribution in [0.2, 0.25) is 0 Å². The topological polar surface area (TPSA) is 52.7 Å². The Labute approximate surface area is 201 Å². The predicted molar refractivity (Wildman–Crippen MR) is 139 cm³/mol. The minimum absolute atomic E-state index is 0.0814. The number of hydrogen-bond acceptors (Lipinski definition) is 4. The van der Waals surface area contributed by atoms with E-state index >= 15 is 0 Å². The van der Waals surface area contributed by atoms with Crippen molar-refractivity contribution in [2.24, 2.45) is 0 Å². The minimum Gasteiger partial charge on any atom is -0.366 e. The van der Waals surface area contributed by atoms with Crippen molar-refractivity contribution >= 4 is 46.6 Å². The molecule has 2 aliphatic rings. The number of nitrogens with zero attached hydrogens (tertiary/aromatic N) is 2. The molecule has 172 valence electrons. The highest BCUT2D eigenvalue weighted by atomic mass is 32.1. The molecule has 2 heterocycles. The van der Waals surface area contributed by atoms with E-state index < -0.39 is 11.8 Å². The number of benzene rings is 2. The molecule has 6 heteroatoms. The fourth-order valence-electron chi connectivity index (χ4n) is 5.12. The van der Waals surface area contributed by atoms with Gasteiger partial charge in [0.15, 0.2) is 5.11 Å². The fourth-order valence-corrected chi connectivity index (χ4v) is 5.40. The first-order valence-electron chi connectivity index (χ1n) is 11.4. The van der Waals surface area contributed by atoms with E-state index in [2.05, 4.69) is 50.0 Å². The Morgan fingerprint density at radius 2 is 1.85 bits per heavy atom. The van der Waals surface area contributed by atoms with Gasteiger partial charge in [-0.15, -0.1) is 0 Å². The summed E-state index contributed by atoms with van der Waals surface area (Å²) in [4.78, 5) is 29.9. The Morgan fingerprint density at radius 1 is 1.12 bits per heavy atom. The van der Waals surface area contributed by atoms with Gasteiger partial charge in [-0.3, -0.25) is 19.8 Å². The molecule has 5 nitrogen and oxygen atoms in total. The lowest BCUT2D eigenvalue weighted by atomic mass is 9.79. The number of aryl methyl sites for hydroxylation is 2. The van der Waals surface area contributed by atoms with E-state index in [0.29, 0.717) is 11.6 Å². The zero-order valence-corrected chi connectivity index (χ0v) is 21.0. The minimum atomic E-state index is -0.466. The number of fused-ring (bicyclic) bond motifs is 1. The van der Waals surface area contributed by atoms with Crippen molar-refractivity contribution < 1.29 is 9.59 Å². The summed E-state index contributed by atoms with van der Waals surface area (Å²) in [6.45, 7) is 13.9. The van der Waals surface area contributed by atoms with Gasteiger partial charge in [-0.1, -0.05) is 19.1 Å². The molecule has 2 aromatic rings. The maximum absolute atomic E-state index is 13.4. The standard InChI is InChI=1S/C27H31N3O2S/c1-7-29-23-11-9-19(13-21(23)18(4)15-27(29,5)6)14-22-24(31)28-26(33)30(25(22)32)20-10-8-16(2)17(3)12-20/h8-14,18H,7,15H2,1-6H3,(H,28,31,33)/b22-14+/t18-/m0/s1. The van der Waals surface area contributed by atoms with Crippen LogP contribution in [0.5, 0.6) is 0 Å². The number of carbonyl (C=O) groups excluding carboxylic acids is 2. The van der Waals surface area contributed by atoms with Crippen LogP contribution in [0.1, 0.15) is 62.3 Å². The molecule has 1 fully saturated rings. The van der Waals surface area contributed by atoms with Gasteiger partial charge in [0.25, 0.3) is 11.8 Å². The smallest absolute Gasteiger partial charge is 0.270 e. The van der Waals surface area contributed by atoms with Crippen molar-refractivity contribution in [1.29, 1.82) is 0 Å². The number of hydrogen-bond donors (Lipinski definition) is 1. The average molecular weight is 462 g/mol. The highest BCUT2D eigenvalue weighted by Gasteiger charge is 2.37. The first-order valence-corrected chi connectivity index (χ1v) is 11.8. The molecule has 2 aliphatic heterocycles. The van der Waals surface area contributed by atoms with Crippen molar-refractivity contribution in [3.8, 4) is 0 Å². The third kappa shape index (κ3) is 4.08. The second-order valence-corrected chi connectivity index (χ2v) is 10.1. The summed E-state index contributed by atoms with van der Waals surface area (Å²) >= 11 is 5.34. The molecule has 0 unspecified atom stereocenters. The SMILES string of the molecule is CCN1c2ccc(/C=C3\C(=O)NC(=S)N(c4ccc(C)c(C)c4)C3=O)cc2[C@@H](C)CC1(C)C. The van der Waals surface area contributed by atoms with Gasteiger partial charge in [-0.2, -0.15) is 0 Å². The van der Waals surface area contributed by atoms with Crippen molar-refractivity contribution in [2.45, 2.75) is 59.4 Å². The zero-order chi connectivity index (χ0) is 24.1. The van der Waals surface area contributed by atoms with E-state index in [1.165, 1.54) is 16.2 Å². The molecule has 0 aromatic heterocycles. The Bertz CT molecular complexity index is 1200. The van der Waals surface area contributed by atoms with Gasteiger partial charge < -0.3 is 4.90 Å². The fraction of sp³-hybridized carbons (Fsp3) is 0.370. The predicted octanol–water partition coefficient (Wildman–Crippen LogP) is 5.25. The number of amides is 2. The zero-order valence-electron chi connectivity index (χ0n) is 20.2. The van der Waals surface area contributed by atoms with Crippen LogP contribution < -0.4 is 15.1 Å². The third-order valence-electron chi connectivity index (χ3n) is 6.89. The van der Waals surface area contributed by atoms with Gasteiger partial charge in [0, 0.05) is 17.8 Å². The summed E-state index contributed by atoms with van der Waals surface area (Å²) in [5.41, 5.74) is 6.30. The lowest BCUT2D eigenvalue weighted by Crippen LogP contribution is -2.54. The van der Waals surface area contributed by atoms with E-state index in [9.17, 15) is 9.59 Å². The Hall–Kier alpha value is -2.99. The molecule has 0 spiro atoms. The summed E-state index contributed by atoms with van der Waals surface area (Å²) in [7, 11) is 0. The van der Waals surface area contributed by atoms with Crippen molar-refractivity contribution in [1.82, 2.24) is 5.32 Å². The van der Waals surface area contributed by atoms with Crippen LogP contribution in [0.4, 0.5) is 11.4 Å². The summed E-state index contributed by atoms with van der Waals surface area (Å²) in [6, 6.07) is 11.9. The number of carbonyl (C=O) groups is 2. The molecule has 1 N–H and O–H groups in total. The second-order valence-electron chi connectivity index (χ2n) is 9.71. The lowest BCUT2D eigenvalue weighted by molar-refractivity contribution is -0.122. The van der Waals surface area contributed by atoms with E-state index in [4.69, 9.17) is 12.2 Å². The summed E-state index contributed by atoms with van der Waals surface area (Å²) in [5.74, 6) is -0.493. The van der Waals surface area contributed by atoms with Crippen molar-refractivity contribution in [3.63, 3.8) is 0 Å². The van der Waals surface area contributed by atoms with E-state index in [-0.39, 0.29) is 16.2 Å². The van der Waals surface area contributed by atoms with Crippen LogP contribution in [-0.2, 0) is 9.59 Å². The van der Waals surface area contributed by atoms with Crippen molar-refractivity contribution in [2.75, 3.05) is 16.3 Å². The highest BCUT2D eigenvalue weighted by Crippen LogP contribution is 2.43. The first kappa shape index (κ1) is 23.2. The maximum atomic E-state index is 13.4. The Kier molecular flexibility index (Phi) is 5.91. The molecule has 1 atom stereocenters. The largest absolute Gasteiger partial charge is 0.366 e. The number of anilines is 2. The van der Waals surface area contributed by atoms with Gasteiger partial charge in [0.05, 0.1) is 5.69 Å². The molecule has 2 amide bonds. The van der Waals surface area contributed by atoms with E-state index in [1.807, 2.05) is 38.1 Å². The number of thiocarbonyl (C=S) groups is 1. The molecule has 1 saturated heterocycles. The second kappa shape index (κ2) is 8.41. The molecule has 0 aliphatic carbocycles. The summed E-state index contributed by atoms with van der Waals surface area (Å²) in [6.07, 6.45) is 2.72. The molecule has 2 aromatic carbocycles. The number of nitrogens with one attached hydrogen (secondary N) is 1. The molecular formula is C27H31N3O2S. The van der Waals surface area contributed by atoms with Crippen molar-refractivity contribution in [3.05, 3.63) is 64.2 Å². The van der Waals surface area contributed by atoms with E-state index in [0.717, 1.165) is 29.7 Å². The monoisotopic (exact) mass is 461 g/mol. The van der Waals surface area contributed by atoms with Crippen LogP contribution >= 0.6 is 12.2 Å². The van der Waals surface area contributed by atoms with E-state index in [1.54, 1.807) is 6.08 Å². The normalized spacial score (nSPS) is 21.3. The third-order valence-corrected chi connectivity index (χ3v) is 7.17. The number of rotatable bonds is 3. The Balaban J connectivity index is 1.73. The summed E-state index contributed by atoms with van der Waals surface area (Å²) < 4.78 is 0. The van der Waals surface area contributed by atoms with Gasteiger partial charge in [-0.25, -0.2) is 0 Å². The molecule has 0 radical (unpaired) electrons. The molecule has 33 heavy (non-hydrogen) atoms. The van der Waals surface area contributed by atoms with Gasteiger partial charge in [-0.05, 0) is 112 Å². The van der Waals surface area contributed by atoms with Crippen LogP contribution in [0.25, 0.3) is 6.08 Å². The highest BCUT2D eigenvalue weighted by molar-refractivity contribution is 7.80. The maximum Gasteiger partial charge on any atom is 0.270 e. The van der Waals surface area contributed by atoms with Gasteiger partial charge in [0.2, 0.25) is 0 Å². The van der Waals surface area contributed by atoms with Gasteiger partial charge in [0.1, 0.15) is 5.57 Å². The molecular weight excluding hydrogens is 430 g/mol. The van der Waals surface area contributed by atoms with Crippen LogP contribution in [0.15, 0.2) is 42.0 Å². The summed E-state index contributed by atoms with van der Waals surface area (Å²) in [5, 5.41) is 2.78. The van der Waals surface area contributed by atoms with Crippen LogP contribution in [-0.4, -0.2) is 29.0 Å². The lowest BCUT2D eigenvalue weighted by Gasteiger charge is -2.47. The average Bonchev–Trinajstić information content (AvgIpc) is 2.73. The van der Waals surface area contributed by atoms with Crippen LogP contribution in [0, 0.1) is 13.8 Å². The Morgan fingerprint density at radius 3 is 2.52 bits per heavy atom.